The van der Waals surface area contributed by atoms with Crippen LogP contribution in [0, 0.1) is 0 Å². The summed E-state index contributed by atoms with van der Waals surface area (Å²) in [5.74, 6) is 0.755. The Labute approximate surface area is 109 Å². The molecule has 1 fully saturated rings. The van der Waals surface area contributed by atoms with Crippen LogP contribution in [0.1, 0.15) is 24.3 Å². The van der Waals surface area contributed by atoms with Gasteiger partial charge < -0.3 is 5.32 Å². The largest absolute Gasteiger partial charge is 0.317 e. The Kier molecular flexibility index (Phi) is 4.03. The predicted octanol–water partition coefficient (Wildman–Crippen LogP) is 3.73. The van der Waals surface area contributed by atoms with Gasteiger partial charge in [0.2, 0.25) is 0 Å². The van der Waals surface area contributed by atoms with Crippen molar-refractivity contribution in [3.05, 3.63) is 48.0 Å². The molecule has 0 radical (unpaired) electrons. The topological polar surface area (TPSA) is 12.0 Å². The quantitative estimate of drug-likeness (QED) is 0.810. The molecule has 2 aromatic carbocycles. The lowest BCUT2D eigenvalue weighted by Crippen LogP contribution is -2.26. The van der Waals surface area contributed by atoms with Crippen LogP contribution in [-0.4, -0.2) is 13.1 Å². The maximum absolute atomic E-state index is 3.42. The van der Waals surface area contributed by atoms with E-state index in [0.29, 0.717) is 0 Å². The molecule has 1 aliphatic heterocycles. The smallest absolute Gasteiger partial charge is 0.00431 e. The molecule has 0 unspecified atom stereocenters. The van der Waals surface area contributed by atoms with Gasteiger partial charge in [0.15, 0.2) is 0 Å². The molecule has 90 valence electrons. The molecular weight excluding hydrogens is 230 g/mol. The monoisotopic (exact) mass is 247 g/mol. The molecule has 0 spiro atoms. The summed E-state index contributed by atoms with van der Waals surface area (Å²) in [7, 11) is 0. The van der Waals surface area contributed by atoms with Crippen molar-refractivity contribution in [1.29, 1.82) is 0 Å². The fraction of sp³-hybridized carbons (Fsp3) is 0.333. The molecule has 2 aromatic rings. The highest BCUT2D eigenvalue weighted by Crippen LogP contribution is 2.27. The van der Waals surface area contributed by atoms with E-state index in [-0.39, 0.29) is 12.4 Å². The minimum Gasteiger partial charge on any atom is -0.317 e. The molecule has 0 bridgehead atoms. The molecule has 1 saturated heterocycles. The van der Waals surface area contributed by atoms with Gasteiger partial charge in [-0.2, -0.15) is 0 Å². The Morgan fingerprint density at radius 3 is 2.35 bits per heavy atom. The second-order valence-corrected chi connectivity index (χ2v) is 4.63. The molecule has 2 heteroatoms. The highest BCUT2D eigenvalue weighted by molar-refractivity contribution is 5.85. The zero-order valence-electron chi connectivity index (χ0n) is 9.86. The van der Waals surface area contributed by atoms with Crippen molar-refractivity contribution in [3.63, 3.8) is 0 Å². The lowest BCUT2D eigenvalue weighted by molar-refractivity contribution is 0.460. The van der Waals surface area contributed by atoms with E-state index in [1.165, 1.54) is 29.2 Å². The molecule has 17 heavy (non-hydrogen) atoms. The first-order valence-electron chi connectivity index (χ1n) is 6.13. The van der Waals surface area contributed by atoms with Gasteiger partial charge in [0.05, 0.1) is 0 Å². The Morgan fingerprint density at radius 2 is 1.59 bits per heavy atom. The fourth-order valence-corrected chi connectivity index (χ4v) is 2.62. The lowest BCUT2D eigenvalue weighted by atomic mass is 9.89. The number of benzene rings is 2. The summed E-state index contributed by atoms with van der Waals surface area (Å²) in [6, 6.07) is 15.5. The molecule has 0 amide bonds. The predicted molar refractivity (Wildman–Crippen MR) is 76.0 cm³/mol. The third-order valence-corrected chi connectivity index (χ3v) is 3.58. The van der Waals surface area contributed by atoms with Crippen LogP contribution in [0.5, 0.6) is 0 Å². The van der Waals surface area contributed by atoms with Crippen LogP contribution in [0.15, 0.2) is 42.5 Å². The van der Waals surface area contributed by atoms with E-state index >= 15 is 0 Å². The second-order valence-electron chi connectivity index (χ2n) is 4.63. The van der Waals surface area contributed by atoms with Crippen LogP contribution in [0.3, 0.4) is 0 Å². The highest BCUT2D eigenvalue weighted by Gasteiger charge is 2.14. The Balaban J connectivity index is 0.00000108. The number of hydrogen-bond donors (Lipinski definition) is 1. The van der Waals surface area contributed by atoms with Gasteiger partial charge in [-0.15, -0.1) is 12.4 Å². The van der Waals surface area contributed by atoms with Crippen LogP contribution in [-0.2, 0) is 0 Å². The molecular formula is C15H18ClN. The van der Waals surface area contributed by atoms with Gasteiger partial charge in [0.1, 0.15) is 0 Å². The fourth-order valence-electron chi connectivity index (χ4n) is 2.62. The van der Waals surface area contributed by atoms with Crippen molar-refractivity contribution in [2.45, 2.75) is 18.8 Å². The lowest BCUT2D eigenvalue weighted by Gasteiger charge is -2.23. The van der Waals surface area contributed by atoms with Crippen LogP contribution in [0.2, 0.25) is 0 Å². The molecule has 3 rings (SSSR count). The van der Waals surface area contributed by atoms with E-state index < -0.39 is 0 Å². The summed E-state index contributed by atoms with van der Waals surface area (Å²) in [5.41, 5.74) is 1.51. The van der Waals surface area contributed by atoms with Gasteiger partial charge in [-0.3, -0.25) is 0 Å². The maximum atomic E-state index is 3.42. The van der Waals surface area contributed by atoms with Crippen molar-refractivity contribution in [1.82, 2.24) is 5.32 Å². The standard InChI is InChI=1S/C15H17N.ClH/c1-2-4-14-11-15(6-5-12(14)3-1)13-7-9-16-10-8-13;/h1-6,11,13,16H,7-10H2;1H. The zero-order valence-corrected chi connectivity index (χ0v) is 10.7. The van der Waals surface area contributed by atoms with E-state index in [9.17, 15) is 0 Å². The summed E-state index contributed by atoms with van der Waals surface area (Å²) < 4.78 is 0. The molecule has 0 aromatic heterocycles. The molecule has 0 atom stereocenters. The minimum absolute atomic E-state index is 0. The summed E-state index contributed by atoms with van der Waals surface area (Å²) in [4.78, 5) is 0. The van der Waals surface area contributed by atoms with Gasteiger partial charge in [0, 0.05) is 0 Å². The Morgan fingerprint density at radius 1 is 0.882 bits per heavy atom. The van der Waals surface area contributed by atoms with E-state index in [4.69, 9.17) is 0 Å². The molecule has 0 saturated carbocycles. The number of rotatable bonds is 1. The van der Waals surface area contributed by atoms with Crippen LogP contribution in [0.4, 0.5) is 0 Å². The summed E-state index contributed by atoms with van der Waals surface area (Å²) in [6.45, 7) is 2.33. The third kappa shape index (κ3) is 2.62. The molecule has 1 heterocycles. The van der Waals surface area contributed by atoms with Crippen LogP contribution >= 0.6 is 12.4 Å². The number of halogens is 1. The van der Waals surface area contributed by atoms with Crippen LogP contribution < -0.4 is 5.32 Å². The van der Waals surface area contributed by atoms with Gasteiger partial charge in [0.25, 0.3) is 0 Å². The molecule has 1 aliphatic rings. The van der Waals surface area contributed by atoms with Crippen molar-refractivity contribution >= 4 is 23.2 Å². The molecule has 0 aliphatic carbocycles. The first-order chi connectivity index (χ1) is 7.93. The number of nitrogens with one attached hydrogen (secondary N) is 1. The first kappa shape index (κ1) is 12.4. The third-order valence-electron chi connectivity index (χ3n) is 3.58. The van der Waals surface area contributed by atoms with Gasteiger partial charge in [-0.05, 0) is 48.2 Å². The summed E-state index contributed by atoms with van der Waals surface area (Å²) >= 11 is 0. The van der Waals surface area contributed by atoms with E-state index in [0.717, 1.165) is 19.0 Å². The normalized spacial score (nSPS) is 16.7. The van der Waals surface area contributed by atoms with Crippen molar-refractivity contribution in [2.24, 2.45) is 0 Å². The average Bonchev–Trinajstić information content (AvgIpc) is 2.39. The van der Waals surface area contributed by atoms with Gasteiger partial charge >= 0.3 is 0 Å². The number of piperidine rings is 1. The SMILES string of the molecule is Cl.c1ccc2cc(C3CCNCC3)ccc2c1. The number of hydrogen-bond acceptors (Lipinski definition) is 1. The summed E-state index contributed by atoms with van der Waals surface area (Å²) in [5, 5.41) is 6.14. The average molecular weight is 248 g/mol. The van der Waals surface area contributed by atoms with Gasteiger partial charge in [-0.1, -0.05) is 42.5 Å². The van der Waals surface area contributed by atoms with Gasteiger partial charge in [-0.25, -0.2) is 0 Å². The Hall–Kier alpha value is -1.05. The number of fused-ring (bicyclic) bond motifs is 1. The van der Waals surface area contributed by atoms with Crippen LogP contribution in [0.25, 0.3) is 10.8 Å². The highest BCUT2D eigenvalue weighted by atomic mass is 35.5. The van der Waals surface area contributed by atoms with E-state index in [1.807, 2.05) is 0 Å². The Bertz CT molecular complexity index is 489. The second kappa shape index (κ2) is 5.52. The van der Waals surface area contributed by atoms with Crippen molar-refractivity contribution in [2.75, 3.05) is 13.1 Å². The minimum atomic E-state index is 0. The van der Waals surface area contributed by atoms with E-state index in [1.54, 1.807) is 0 Å². The van der Waals surface area contributed by atoms with E-state index in [2.05, 4.69) is 47.8 Å². The first-order valence-corrected chi connectivity index (χ1v) is 6.13. The van der Waals surface area contributed by atoms with Crippen molar-refractivity contribution in [3.8, 4) is 0 Å². The molecule has 1 N–H and O–H groups in total. The summed E-state index contributed by atoms with van der Waals surface area (Å²) in [6.07, 6.45) is 2.55. The molecule has 1 nitrogen and oxygen atoms in total. The zero-order chi connectivity index (χ0) is 10.8. The maximum Gasteiger partial charge on any atom is -0.00431 e. The van der Waals surface area contributed by atoms with Crippen molar-refractivity contribution < 1.29 is 0 Å².